The third-order valence-corrected chi connectivity index (χ3v) is 3.24. The van der Waals surface area contributed by atoms with Crippen LogP contribution in [-0.2, 0) is 6.54 Å². The Bertz CT molecular complexity index is 523. The topological polar surface area (TPSA) is 15.3 Å². The van der Waals surface area contributed by atoms with Crippen LogP contribution in [0.15, 0.2) is 53.0 Å². The summed E-state index contributed by atoms with van der Waals surface area (Å²) in [4.78, 5) is 2.10. The maximum Gasteiger partial charge on any atom is 0.0401 e. The highest BCUT2D eigenvalue weighted by Crippen LogP contribution is 2.18. The largest absolute Gasteiger partial charge is 0.381 e. The van der Waals surface area contributed by atoms with E-state index < -0.39 is 0 Å². The van der Waals surface area contributed by atoms with Crippen molar-refractivity contribution in [1.29, 1.82) is 0 Å². The van der Waals surface area contributed by atoms with Crippen molar-refractivity contribution in [3.63, 3.8) is 0 Å². The first-order chi connectivity index (χ1) is 8.65. The number of hydrogen-bond donors (Lipinski definition) is 1. The lowest BCUT2D eigenvalue weighted by Gasteiger charge is -2.14. The zero-order chi connectivity index (χ0) is 13.0. The molecule has 0 saturated carbocycles. The van der Waals surface area contributed by atoms with Gasteiger partial charge in [0.15, 0.2) is 0 Å². The van der Waals surface area contributed by atoms with Crippen molar-refractivity contribution in [2.45, 2.75) is 6.54 Å². The molecule has 0 aliphatic carbocycles. The Morgan fingerprint density at radius 1 is 1.06 bits per heavy atom. The molecule has 1 N–H and O–H groups in total. The Morgan fingerprint density at radius 2 is 1.83 bits per heavy atom. The molecule has 0 saturated heterocycles. The van der Waals surface area contributed by atoms with Gasteiger partial charge in [-0.1, -0.05) is 34.1 Å². The summed E-state index contributed by atoms with van der Waals surface area (Å²) in [7, 11) is 4.10. The van der Waals surface area contributed by atoms with Crippen LogP contribution >= 0.6 is 15.9 Å². The van der Waals surface area contributed by atoms with E-state index in [-0.39, 0.29) is 0 Å². The minimum atomic E-state index is 0.830. The Hall–Kier alpha value is -1.48. The van der Waals surface area contributed by atoms with E-state index in [0.29, 0.717) is 0 Å². The van der Waals surface area contributed by atoms with Gasteiger partial charge in [0.25, 0.3) is 0 Å². The maximum atomic E-state index is 3.48. The molecule has 0 fully saturated rings. The average molecular weight is 305 g/mol. The monoisotopic (exact) mass is 304 g/mol. The predicted octanol–water partition coefficient (Wildman–Crippen LogP) is 4.13. The number of anilines is 2. The lowest BCUT2D eigenvalue weighted by molar-refractivity contribution is 1.12. The summed E-state index contributed by atoms with van der Waals surface area (Å²) in [6.07, 6.45) is 0. The van der Waals surface area contributed by atoms with Crippen LogP contribution in [0.3, 0.4) is 0 Å². The highest BCUT2D eigenvalue weighted by atomic mass is 79.9. The Balaban J connectivity index is 2.04. The second-order valence-corrected chi connectivity index (χ2v) is 5.34. The highest BCUT2D eigenvalue weighted by Gasteiger charge is 1.98. The molecule has 0 spiro atoms. The lowest BCUT2D eigenvalue weighted by Crippen LogP contribution is -2.09. The quantitative estimate of drug-likeness (QED) is 0.914. The van der Waals surface area contributed by atoms with E-state index >= 15 is 0 Å². The summed E-state index contributed by atoms with van der Waals surface area (Å²) in [5.41, 5.74) is 3.61. The van der Waals surface area contributed by atoms with Crippen molar-refractivity contribution in [2.24, 2.45) is 0 Å². The lowest BCUT2D eigenvalue weighted by atomic mass is 10.2. The SMILES string of the molecule is CN(C)c1cccc(NCc2cccc(Br)c2)c1. The Kier molecular flexibility index (Phi) is 4.26. The van der Waals surface area contributed by atoms with E-state index in [2.05, 4.69) is 68.6 Å². The van der Waals surface area contributed by atoms with Gasteiger partial charge in [-0.15, -0.1) is 0 Å². The van der Waals surface area contributed by atoms with E-state index in [1.807, 2.05) is 20.2 Å². The fourth-order valence-electron chi connectivity index (χ4n) is 1.75. The molecule has 2 aromatic rings. The summed E-state index contributed by atoms with van der Waals surface area (Å²) in [6.45, 7) is 0.830. The summed E-state index contributed by atoms with van der Waals surface area (Å²) in [6, 6.07) is 16.7. The molecule has 0 aromatic heterocycles. The van der Waals surface area contributed by atoms with Gasteiger partial charge in [0.1, 0.15) is 0 Å². The van der Waals surface area contributed by atoms with Crippen molar-refractivity contribution in [2.75, 3.05) is 24.3 Å². The molecule has 0 atom stereocenters. The van der Waals surface area contributed by atoms with Gasteiger partial charge in [0.2, 0.25) is 0 Å². The normalized spacial score (nSPS) is 10.2. The van der Waals surface area contributed by atoms with E-state index in [1.54, 1.807) is 0 Å². The first-order valence-corrected chi connectivity index (χ1v) is 6.70. The van der Waals surface area contributed by atoms with Crippen LogP contribution in [0.25, 0.3) is 0 Å². The van der Waals surface area contributed by atoms with E-state index in [0.717, 1.165) is 16.7 Å². The van der Waals surface area contributed by atoms with Crippen molar-refractivity contribution >= 4 is 27.3 Å². The molecule has 0 amide bonds. The summed E-state index contributed by atoms with van der Waals surface area (Å²) in [5, 5.41) is 3.44. The number of nitrogens with one attached hydrogen (secondary N) is 1. The second kappa shape index (κ2) is 5.91. The molecule has 94 valence electrons. The molecule has 18 heavy (non-hydrogen) atoms. The highest BCUT2D eigenvalue weighted by molar-refractivity contribution is 9.10. The second-order valence-electron chi connectivity index (χ2n) is 4.43. The first kappa shape index (κ1) is 13.0. The molecule has 0 unspecified atom stereocenters. The fourth-order valence-corrected chi connectivity index (χ4v) is 2.19. The van der Waals surface area contributed by atoms with Crippen molar-refractivity contribution < 1.29 is 0 Å². The van der Waals surface area contributed by atoms with Gasteiger partial charge in [-0.05, 0) is 35.9 Å². The first-order valence-electron chi connectivity index (χ1n) is 5.91. The average Bonchev–Trinajstić information content (AvgIpc) is 2.37. The summed E-state index contributed by atoms with van der Waals surface area (Å²) in [5.74, 6) is 0. The zero-order valence-electron chi connectivity index (χ0n) is 10.7. The number of benzene rings is 2. The Labute approximate surface area is 117 Å². The van der Waals surface area contributed by atoms with Gasteiger partial charge in [0.05, 0.1) is 0 Å². The molecule has 2 aromatic carbocycles. The predicted molar refractivity (Wildman–Crippen MR) is 82.2 cm³/mol. The smallest absolute Gasteiger partial charge is 0.0401 e. The third-order valence-electron chi connectivity index (χ3n) is 2.75. The molecule has 0 radical (unpaired) electrons. The molecule has 0 aliphatic heterocycles. The van der Waals surface area contributed by atoms with Crippen molar-refractivity contribution in [3.05, 3.63) is 58.6 Å². The molecular formula is C15H17BrN2. The molecule has 0 aliphatic rings. The van der Waals surface area contributed by atoms with E-state index in [4.69, 9.17) is 0 Å². The van der Waals surface area contributed by atoms with Gasteiger partial charge >= 0.3 is 0 Å². The maximum absolute atomic E-state index is 3.48. The number of halogens is 1. The third kappa shape index (κ3) is 3.50. The standard InChI is InChI=1S/C15H17BrN2/c1-18(2)15-8-4-7-14(10-15)17-11-12-5-3-6-13(16)9-12/h3-10,17H,11H2,1-2H3. The zero-order valence-corrected chi connectivity index (χ0v) is 12.2. The van der Waals surface area contributed by atoms with Crippen LogP contribution in [0, 0.1) is 0 Å². The minimum absolute atomic E-state index is 0.830. The van der Waals surface area contributed by atoms with E-state index in [9.17, 15) is 0 Å². The molecule has 0 bridgehead atoms. The summed E-state index contributed by atoms with van der Waals surface area (Å²) >= 11 is 3.48. The van der Waals surface area contributed by atoms with Gasteiger partial charge in [-0.2, -0.15) is 0 Å². The van der Waals surface area contributed by atoms with Crippen LogP contribution in [-0.4, -0.2) is 14.1 Å². The van der Waals surface area contributed by atoms with Gasteiger partial charge < -0.3 is 10.2 Å². The van der Waals surface area contributed by atoms with Crippen LogP contribution in [0.4, 0.5) is 11.4 Å². The molecule has 2 nitrogen and oxygen atoms in total. The van der Waals surface area contributed by atoms with Crippen LogP contribution in [0.5, 0.6) is 0 Å². The van der Waals surface area contributed by atoms with Crippen molar-refractivity contribution in [3.8, 4) is 0 Å². The molecule has 3 heteroatoms. The van der Waals surface area contributed by atoms with Gasteiger partial charge in [0, 0.05) is 36.5 Å². The molecule has 0 heterocycles. The summed E-state index contributed by atoms with van der Waals surface area (Å²) < 4.78 is 1.11. The number of rotatable bonds is 4. The van der Waals surface area contributed by atoms with Crippen LogP contribution < -0.4 is 10.2 Å². The molecule has 2 rings (SSSR count). The number of nitrogens with zero attached hydrogens (tertiary/aromatic N) is 1. The van der Waals surface area contributed by atoms with Gasteiger partial charge in [-0.25, -0.2) is 0 Å². The molecular weight excluding hydrogens is 288 g/mol. The van der Waals surface area contributed by atoms with E-state index in [1.165, 1.54) is 11.3 Å². The Morgan fingerprint density at radius 3 is 2.56 bits per heavy atom. The van der Waals surface area contributed by atoms with Gasteiger partial charge in [-0.3, -0.25) is 0 Å². The van der Waals surface area contributed by atoms with Crippen LogP contribution in [0.1, 0.15) is 5.56 Å². The van der Waals surface area contributed by atoms with Crippen molar-refractivity contribution in [1.82, 2.24) is 0 Å². The number of hydrogen-bond acceptors (Lipinski definition) is 2. The fraction of sp³-hybridized carbons (Fsp3) is 0.200. The minimum Gasteiger partial charge on any atom is -0.381 e. The van der Waals surface area contributed by atoms with Crippen LogP contribution in [0.2, 0.25) is 0 Å².